The van der Waals surface area contributed by atoms with Crippen molar-refractivity contribution in [2.75, 3.05) is 11.5 Å². The largest absolute Gasteiger partial charge is 0.452 e. The molecule has 0 bridgehead atoms. The van der Waals surface area contributed by atoms with Crippen LogP contribution in [0.2, 0.25) is 0 Å². The van der Waals surface area contributed by atoms with Gasteiger partial charge in [0.2, 0.25) is 0 Å². The molecule has 6 rings (SSSR count). The standard InChI is InChI=1S/C24H16N2O2S2/c25-18-21-24(19(26)20-23(18)29-17-12-5-4-10-15(17)27-20)30-22-14(9-6-11-16(22)28-21)13-7-2-1-3-8-13/h1-12H,25-26H2. The van der Waals surface area contributed by atoms with E-state index < -0.39 is 0 Å². The number of anilines is 2. The summed E-state index contributed by atoms with van der Waals surface area (Å²) in [6.45, 7) is 0. The lowest BCUT2D eigenvalue weighted by molar-refractivity contribution is 0.658. The van der Waals surface area contributed by atoms with Crippen molar-refractivity contribution in [1.29, 1.82) is 0 Å². The first-order valence-electron chi connectivity index (χ1n) is 9.44. The molecule has 0 radical (unpaired) electrons. The molecule has 0 aliphatic heterocycles. The van der Waals surface area contributed by atoms with E-state index in [4.69, 9.17) is 20.3 Å². The molecule has 0 aliphatic carbocycles. The van der Waals surface area contributed by atoms with Gasteiger partial charge in [-0.1, -0.05) is 54.6 Å². The van der Waals surface area contributed by atoms with Gasteiger partial charge < -0.3 is 20.3 Å². The zero-order valence-electron chi connectivity index (χ0n) is 15.7. The second-order valence-electron chi connectivity index (χ2n) is 7.00. The summed E-state index contributed by atoms with van der Waals surface area (Å²) in [6.07, 6.45) is 0. The molecule has 6 heteroatoms. The predicted octanol–water partition coefficient (Wildman–Crippen LogP) is 7.56. The molecule has 0 aliphatic rings. The molecule has 0 spiro atoms. The molecule has 6 aromatic rings. The van der Waals surface area contributed by atoms with Crippen molar-refractivity contribution in [2.45, 2.75) is 0 Å². The molecule has 0 saturated carbocycles. The smallest absolute Gasteiger partial charge is 0.171 e. The third kappa shape index (κ3) is 2.51. The van der Waals surface area contributed by atoms with Crippen molar-refractivity contribution in [3.63, 3.8) is 0 Å². The number of benzene rings is 4. The van der Waals surface area contributed by atoms with E-state index in [1.807, 2.05) is 54.6 Å². The first kappa shape index (κ1) is 17.4. The third-order valence-electron chi connectivity index (χ3n) is 5.14. The zero-order valence-corrected chi connectivity index (χ0v) is 17.3. The number of rotatable bonds is 1. The monoisotopic (exact) mass is 428 g/mol. The summed E-state index contributed by atoms with van der Waals surface area (Å²) in [5.74, 6) is 0. The molecule has 2 aromatic heterocycles. The van der Waals surface area contributed by atoms with Gasteiger partial charge in [-0.05, 0) is 23.8 Å². The van der Waals surface area contributed by atoms with Crippen LogP contribution < -0.4 is 11.5 Å². The average Bonchev–Trinajstić information content (AvgIpc) is 2.81. The Bertz CT molecular complexity index is 1620. The zero-order chi connectivity index (χ0) is 20.2. The molecule has 4 nitrogen and oxygen atoms in total. The van der Waals surface area contributed by atoms with Gasteiger partial charge in [0, 0.05) is 5.56 Å². The molecular weight excluding hydrogens is 412 g/mol. The van der Waals surface area contributed by atoms with Crippen molar-refractivity contribution in [2.24, 2.45) is 0 Å². The molecule has 0 amide bonds. The van der Waals surface area contributed by atoms with Crippen LogP contribution in [0.15, 0.2) is 81.6 Å². The fourth-order valence-electron chi connectivity index (χ4n) is 3.70. The Labute approximate surface area is 179 Å². The van der Waals surface area contributed by atoms with E-state index in [2.05, 4.69) is 18.2 Å². The second-order valence-corrected chi connectivity index (χ2v) is 9.07. The lowest BCUT2D eigenvalue weighted by Gasteiger charge is -2.12. The van der Waals surface area contributed by atoms with E-state index in [-0.39, 0.29) is 0 Å². The molecule has 0 saturated heterocycles. The summed E-state index contributed by atoms with van der Waals surface area (Å²) in [5.41, 5.74) is 19.3. The van der Waals surface area contributed by atoms with Gasteiger partial charge in [-0.15, -0.1) is 22.7 Å². The lowest BCUT2D eigenvalue weighted by Crippen LogP contribution is -1.95. The maximum atomic E-state index is 6.60. The molecule has 4 N–H and O–H groups in total. The Balaban J connectivity index is 1.76. The Morgan fingerprint density at radius 3 is 2.00 bits per heavy atom. The van der Waals surface area contributed by atoms with Crippen LogP contribution in [0, 0.1) is 0 Å². The molecule has 0 atom stereocenters. The van der Waals surface area contributed by atoms with Gasteiger partial charge in [0.25, 0.3) is 0 Å². The maximum Gasteiger partial charge on any atom is 0.171 e. The number of nitrogens with two attached hydrogens (primary N) is 2. The van der Waals surface area contributed by atoms with Crippen LogP contribution in [0.4, 0.5) is 11.4 Å². The Morgan fingerprint density at radius 1 is 0.567 bits per heavy atom. The van der Waals surface area contributed by atoms with Gasteiger partial charge in [-0.25, -0.2) is 0 Å². The molecular formula is C24H16N2O2S2. The fraction of sp³-hybridized carbons (Fsp3) is 0. The number of hydrogen-bond donors (Lipinski definition) is 2. The van der Waals surface area contributed by atoms with Crippen molar-refractivity contribution < 1.29 is 8.83 Å². The predicted molar refractivity (Wildman–Crippen MR) is 129 cm³/mol. The van der Waals surface area contributed by atoms with E-state index in [1.165, 1.54) is 0 Å². The van der Waals surface area contributed by atoms with Crippen LogP contribution in [0.5, 0.6) is 0 Å². The van der Waals surface area contributed by atoms with E-state index in [1.54, 1.807) is 22.7 Å². The highest BCUT2D eigenvalue weighted by atomic mass is 32.1. The number of hydrogen-bond acceptors (Lipinski definition) is 6. The fourth-order valence-corrected chi connectivity index (χ4v) is 5.88. The Hall–Kier alpha value is -3.48. The quantitative estimate of drug-likeness (QED) is 0.161. The van der Waals surface area contributed by atoms with E-state index in [9.17, 15) is 0 Å². The highest BCUT2D eigenvalue weighted by Crippen LogP contribution is 2.46. The highest BCUT2D eigenvalue weighted by Gasteiger charge is 2.18. The minimum absolute atomic E-state index is 0.551. The Morgan fingerprint density at radius 2 is 1.20 bits per heavy atom. The average molecular weight is 429 g/mol. The van der Waals surface area contributed by atoms with Crippen LogP contribution in [0.3, 0.4) is 0 Å². The van der Waals surface area contributed by atoms with Gasteiger partial charge in [-0.2, -0.15) is 0 Å². The number of para-hydroxylation sites is 1. The minimum Gasteiger partial charge on any atom is -0.452 e. The van der Waals surface area contributed by atoms with E-state index >= 15 is 0 Å². The van der Waals surface area contributed by atoms with Crippen molar-refractivity contribution in [1.82, 2.24) is 0 Å². The summed E-state index contributed by atoms with van der Waals surface area (Å²) in [7, 11) is 0. The SMILES string of the molecule is Nc1c2oc3cccc(-c4ccccc4)c3sc2c(N)c2oc3ccccc3sc12. The van der Waals surface area contributed by atoms with Gasteiger partial charge in [0.15, 0.2) is 11.2 Å². The van der Waals surface area contributed by atoms with Crippen molar-refractivity contribution >= 4 is 75.2 Å². The second kappa shape index (κ2) is 6.52. The normalized spacial score (nSPS) is 11.6. The summed E-state index contributed by atoms with van der Waals surface area (Å²) >= 11 is 3.14. The van der Waals surface area contributed by atoms with Gasteiger partial charge in [0.1, 0.15) is 11.2 Å². The third-order valence-corrected chi connectivity index (χ3v) is 7.55. The van der Waals surface area contributed by atoms with Crippen molar-refractivity contribution in [3.05, 3.63) is 72.8 Å². The van der Waals surface area contributed by atoms with Gasteiger partial charge in [-0.3, -0.25) is 0 Å². The molecule has 146 valence electrons. The number of nitrogen functional groups attached to an aromatic ring is 2. The molecule has 0 unspecified atom stereocenters. The van der Waals surface area contributed by atoms with Gasteiger partial charge >= 0.3 is 0 Å². The molecule has 30 heavy (non-hydrogen) atoms. The molecule has 2 heterocycles. The van der Waals surface area contributed by atoms with Gasteiger partial charge in [0.05, 0.1) is 30.2 Å². The summed E-state index contributed by atoms with van der Waals surface area (Å²) < 4.78 is 16.1. The Kier molecular flexibility index (Phi) is 3.78. The van der Waals surface area contributed by atoms with E-state index in [0.29, 0.717) is 22.5 Å². The minimum atomic E-state index is 0.551. The summed E-state index contributed by atoms with van der Waals surface area (Å²) in [5, 5.41) is 0. The molecule has 4 aromatic carbocycles. The molecule has 0 fully saturated rings. The maximum absolute atomic E-state index is 6.60. The van der Waals surface area contributed by atoms with Crippen LogP contribution in [-0.4, -0.2) is 0 Å². The first-order chi connectivity index (χ1) is 14.7. The summed E-state index contributed by atoms with van der Waals surface area (Å²) in [6, 6.07) is 24.2. The van der Waals surface area contributed by atoms with Crippen LogP contribution in [0.25, 0.3) is 52.3 Å². The summed E-state index contributed by atoms with van der Waals surface area (Å²) in [4.78, 5) is 0. The van der Waals surface area contributed by atoms with E-state index in [0.717, 1.165) is 41.1 Å². The number of fused-ring (bicyclic) bond motifs is 4. The lowest BCUT2D eigenvalue weighted by atomic mass is 10.1. The van der Waals surface area contributed by atoms with Crippen LogP contribution in [-0.2, 0) is 0 Å². The highest BCUT2D eigenvalue weighted by molar-refractivity contribution is 7.27. The topological polar surface area (TPSA) is 78.3 Å². The van der Waals surface area contributed by atoms with Crippen LogP contribution in [0.1, 0.15) is 0 Å². The first-order valence-corrected chi connectivity index (χ1v) is 11.1. The van der Waals surface area contributed by atoms with Crippen molar-refractivity contribution in [3.8, 4) is 11.1 Å². The van der Waals surface area contributed by atoms with Crippen LogP contribution >= 0.6 is 22.7 Å².